The van der Waals surface area contributed by atoms with Crippen LogP contribution in [0.1, 0.15) is 13.3 Å². The molecule has 0 unspecified atom stereocenters. The minimum atomic E-state index is -0.841. The first-order valence-electron chi connectivity index (χ1n) is 5.05. The molecule has 16 heavy (non-hydrogen) atoms. The van der Waals surface area contributed by atoms with E-state index in [1.54, 1.807) is 6.08 Å². The van der Waals surface area contributed by atoms with Crippen molar-refractivity contribution in [3.05, 3.63) is 39.5 Å². The van der Waals surface area contributed by atoms with Crippen LogP contribution < -0.4 is 5.32 Å². The van der Waals surface area contributed by atoms with Crippen molar-refractivity contribution in [3.63, 3.8) is 0 Å². The summed E-state index contributed by atoms with van der Waals surface area (Å²) in [5, 5.41) is 12.0. The average molecular weight is 331 g/mol. The molecule has 0 saturated heterocycles. The summed E-state index contributed by atoms with van der Waals surface area (Å²) < 4.78 is 1.15. The minimum Gasteiger partial charge on any atom is -0.478 e. The molecule has 0 radical (unpaired) electrons. The number of carboxylic acid groups (broad SMARTS) is 1. The molecule has 0 bridgehead atoms. The maximum absolute atomic E-state index is 10.7. The fourth-order valence-corrected chi connectivity index (χ4v) is 1.82. The van der Waals surface area contributed by atoms with Gasteiger partial charge in [0.2, 0.25) is 0 Å². The quantitative estimate of drug-likeness (QED) is 0.644. The second-order valence-electron chi connectivity index (χ2n) is 3.28. The van der Waals surface area contributed by atoms with Crippen molar-refractivity contribution in [1.29, 1.82) is 0 Å². The predicted molar refractivity (Wildman–Crippen MR) is 73.7 cm³/mol. The summed E-state index contributed by atoms with van der Waals surface area (Å²) in [6, 6.07) is 7.95. The van der Waals surface area contributed by atoms with Crippen LogP contribution in [-0.4, -0.2) is 17.6 Å². The molecule has 0 heterocycles. The van der Waals surface area contributed by atoms with Crippen LogP contribution >= 0.6 is 22.6 Å². The van der Waals surface area contributed by atoms with Crippen molar-refractivity contribution < 1.29 is 9.90 Å². The van der Waals surface area contributed by atoms with Gasteiger partial charge in [0.1, 0.15) is 0 Å². The zero-order valence-electron chi connectivity index (χ0n) is 9.03. The highest BCUT2D eigenvalue weighted by Gasteiger charge is 2.02. The first kappa shape index (κ1) is 13.0. The van der Waals surface area contributed by atoms with E-state index in [9.17, 15) is 4.79 Å². The van der Waals surface area contributed by atoms with Crippen LogP contribution in [-0.2, 0) is 4.79 Å². The van der Waals surface area contributed by atoms with E-state index in [1.165, 1.54) is 0 Å². The zero-order chi connectivity index (χ0) is 12.0. The lowest BCUT2D eigenvalue weighted by molar-refractivity contribution is -0.132. The second kappa shape index (κ2) is 6.52. The summed E-state index contributed by atoms with van der Waals surface area (Å²) in [4.78, 5) is 10.7. The summed E-state index contributed by atoms with van der Waals surface area (Å²) in [7, 11) is 0. The molecule has 3 nitrogen and oxygen atoms in total. The second-order valence-corrected chi connectivity index (χ2v) is 4.52. The lowest BCUT2D eigenvalue weighted by Crippen LogP contribution is -2.04. The molecule has 0 aromatic heterocycles. The van der Waals surface area contributed by atoms with Gasteiger partial charge in [0.25, 0.3) is 0 Å². The minimum absolute atomic E-state index is 0.443. The number of carboxylic acids is 1. The molecule has 4 heteroatoms. The van der Waals surface area contributed by atoms with E-state index in [-0.39, 0.29) is 0 Å². The maximum Gasteiger partial charge on any atom is 0.331 e. The van der Waals surface area contributed by atoms with Crippen LogP contribution in [0.25, 0.3) is 0 Å². The Kier molecular flexibility index (Phi) is 5.31. The van der Waals surface area contributed by atoms with E-state index in [0.717, 1.165) is 9.26 Å². The van der Waals surface area contributed by atoms with E-state index >= 15 is 0 Å². The first-order valence-corrected chi connectivity index (χ1v) is 6.13. The van der Waals surface area contributed by atoms with E-state index in [0.29, 0.717) is 18.5 Å². The zero-order valence-corrected chi connectivity index (χ0v) is 11.2. The molecule has 1 aromatic carbocycles. The van der Waals surface area contributed by atoms with Crippen LogP contribution in [0.2, 0.25) is 0 Å². The number of hydrogen-bond donors (Lipinski definition) is 2. The van der Waals surface area contributed by atoms with E-state index in [2.05, 4.69) is 27.9 Å². The number of halogens is 1. The molecule has 0 aliphatic heterocycles. The largest absolute Gasteiger partial charge is 0.478 e. The molecule has 0 atom stereocenters. The fraction of sp³-hybridized carbons (Fsp3) is 0.250. The van der Waals surface area contributed by atoms with Crippen molar-refractivity contribution in [2.24, 2.45) is 0 Å². The normalized spacial score (nSPS) is 11.2. The molecule has 86 valence electrons. The van der Waals surface area contributed by atoms with E-state index < -0.39 is 5.97 Å². The van der Waals surface area contributed by atoms with E-state index in [1.807, 2.05) is 31.2 Å². The molecule has 0 saturated carbocycles. The third-order valence-corrected chi connectivity index (χ3v) is 2.81. The van der Waals surface area contributed by atoms with Crippen LogP contribution in [0.3, 0.4) is 0 Å². The molecule has 0 amide bonds. The maximum atomic E-state index is 10.7. The van der Waals surface area contributed by atoms with Gasteiger partial charge in [-0.15, -0.1) is 0 Å². The molecule has 0 aliphatic carbocycles. The monoisotopic (exact) mass is 331 g/mol. The smallest absolute Gasteiger partial charge is 0.331 e. The standard InChI is InChI=1S/C12H14INO2/c1-2-9(12(15)16)6-7-14-11-5-3-4-10(13)8-11/h3-6,8,14H,2,7H2,1H3,(H,15,16)/b9-6-. The predicted octanol–water partition coefficient (Wildman–Crippen LogP) is 3.12. The van der Waals surface area contributed by atoms with Gasteiger partial charge in [0.15, 0.2) is 0 Å². The first-order chi connectivity index (χ1) is 7.63. The molecular formula is C12H14INO2. The molecule has 1 rings (SSSR count). The Morgan fingerprint density at radius 3 is 2.88 bits per heavy atom. The molecular weight excluding hydrogens is 317 g/mol. The highest BCUT2D eigenvalue weighted by molar-refractivity contribution is 14.1. The van der Waals surface area contributed by atoms with Crippen molar-refractivity contribution in [2.45, 2.75) is 13.3 Å². The Bertz CT molecular complexity index is 402. The Balaban J connectivity index is 2.55. The molecule has 2 N–H and O–H groups in total. The molecule has 0 aliphatic rings. The summed E-state index contributed by atoms with van der Waals surface area (Å²) >= 11 is 2.24. The van der Waals surface area contributed by atoms with Gasteiger partial charge in [0.05, 0.1) is 0 Å². The Morgan fingerprint density at radius 1 is 1.56 bits per heavy atom. The number of rotatable bonds is 5. The van der Waals surface area contributed by atoms with Gasteiger partial charge < -0.3 is 10.4 Å². The van der Waals surface area contributed by atoms with Crippen LogP contribution in [0, 0.1) is 3.57 Å². The lowest BCUT2D eigenvalue weighted by atomic mass is 10.2. The summed E-state index contributed by atoms with van der Waals surface area (Å²) in [6.07, 6.45) is 2.26. The third kappa shape index (κ3) is 4.22. The average Bonchev–Trinajstić information content (AvgIpc) is 2.24. The lowest BCUT2D eigenvalue weighted by Gasteiger charge is -2.04. The number of hydrogen-bond acceptors (Lipinski definition) is 2. The van der Waals surface area contributed by atoms with Gasteiger partial charge in [-0.25, -0.2) is 4.79 Å². The van der Waals surface area contributed by atoms with Crippen LogP contribution in [0.5, 0.6) is 0 Å². The molecule has 0 fully saturated rings. The highest BCUT2D eigenvalue weighted by atomic mass is 127. The van der Waals surface area contributed by atoms with Gasteiger partial charge in [-0.2, -0.15) is 0 Å². The van der Waals surface area contributed by atoms with Gasteiger partial charge in [-0.05, 0) is 47.2 Å². The summed E-state index contributed by atoms with van der Waals surface area (Å²) in [5.74, 6) is -0.841. The van der Waals surface area contributed by atoms with E-state index in [4.69, 9.17) is 5.11 Å². The van der Waals surface area contributed by atoms with Gasteiger partial charge in [0, 0.05) is 21.4 Å². The Morgan fingerprint density at radius 2 is 2.31 bits per heavy atom. The summed E-state index contributed by atoms with van der Waals surface area (Å²) in [5.41, 5.74) is 1.45. The molecule has 0 spiro atoms. The number of nitrogens with one attached hydrogen (secondary N) is 1. The van der Waals surface area contributed by atoms with Gasteiger partial charge in [-0.1, -0.05) is 19.1 Å². The van der Waals surface area contributed by atoms with Crippen molar-refractivity contribution in [3.8, 4) is 0 Å². The van der Waals surface area contributed by atoms with Crippen LogP contribution in [0.4, 0.5) is 5.69 Å². The Hall–Kier alpha value is -1.04. The molecule has 1 aromatic rings. The fourth-order valence-electron chi connectivity index (χ4n) is 1.27. The van der Waals surface area contributed by atoms with Crippen molar-refractivity contribution in [1.82, 2.24) is 0 Å². The third-order valence-electron chi connectivity index (χ3n) is 2.13. The van der Waals surface area contributed by atoms with Crippen LogP contribution in [0.15, 0.2) is 35.9 Å². The Labute approximate surface area is 109 Å². The van der Waals surface area contributed by atoms with Gasteiger partial charge in [-0.3, -0.25) is 0 Å². The SMILES string of the molecule is CC/C(=C/CNc1cccc(I)c1)C(=O)O. The number of benzene rings is 1. The number of carbonyl (C=O) groups is 1. The highest BCUT2D eigenvalue weighted by Crippen LogP contribution is 2.12. The van der Waals surface area contributed by atoms with Crippen molar-refractivity contribution in [2.75, 3.05) is 11.9 Å². The summed E-state index contributed by atoms with van der Waals surface area (Å²) in [6.45, 7) is 2.38. The topological polar surface area (TPSA) is 49.3 Å². The number of aliphatic carboxylic acids is 1. The van der Waals surface area contributed by atoms with Gasteiger partial charge >= 0.3 is 5.97 Å². The number of anilines is 1. The van der Waals surface area contributed by atoms with Crippen molar-refractivity contribution >= 4 is 34.2 Å².